The van der Waals surface area contributed by atoms with Crippen LogP contribution in [0, 0.1) is 12.3 Å². The third-order valence-corrected chi connectivity index (χ3v) is 5.68. The zero-order chi connectivity index (χ0) is 21.3. The van der Waals surface area contributed by atoms with E-state index in [0.717, 1.165) is 53.8 Å². The Hall–Kier alpha value is -3.15. The predicted octanol–water partition coefficient (Wildman–Crippen LogP) is 4.61. The second-order valence-electron chi connectivity index (χ2n) is 8.12. The number of amides is 1. The van der Waals surface area contributed by atoms with Crippen molar-refractivity contribution in [2.75, 3.05) is 4.90 Å². The second-order valence-corrected chi connectivity index (χ2v) is 8.12. The number of ether oxygens (including phenoxy) is 1. The van der Waals surface area contributed by atoms with Crippen LogP contribution in [0.5, 0.6) is 11.6 Å². The quantitative estimate of drug-likeness (QED) is 0.689. The van der Waals surface area contributed by atoms with Crippen LogP contribution >= 0.6 is 0 Å². The average Bonchev–Trinajstić information content (AvgIpc) is 3.53. The normalized spacial score (nSPS) is 18.6. The first kappa shape index (κ1) is 20.1. The number of aryl methyl sites for hydroxylation is 1. The Morgan fingerprint density at radius 1 is 1.27 bits per heavy atom. The Labute approximate surface area is 177 Å². The minimum absolute atomic E-state index is 0.0223. The summed E-state index contributed by atoms with van der Waals surface area (Å²) >= 11 is 0. The molecule has 1 saturated carbocycles. The molecule has 1 aromatic carbocycles. The number of allylic oxidation sites excluding steroid dienone is 1. The Bertz CT molecular complexity index is 1010. The van der Waals surface area contributed by atoms with Gasteiger partial charge in [-0.05, 0) is 57.7 Å². The molecule has 2 aliphatic rings. The highest BCUT2D eigenvalue weighted by Gasteiger charge is 2.30. The Kier molecular flexibility index (Phi) is 5.57. The van der Waals surface area contributed by atoms with E-state index in [1.807, 2.05) is 48.4 Å². The lowest BCUT2D eigenvalue weighted by Gasteiger charge is -2.36. The fourth-order valence-electron chi connectivity index (χ4n) is 3.96. The third kappa shape index (κ3) is 4.08. The molecule has 1 aliphatic heterocycles. The third-order valence-electron chi connectivity index (χ3n) is 5.68. The number of fused-ring (bicyclic) bond motifs is 1. The van der Waals surface area contributed by atoms with E-state index in [0.29, 0.717) is 17.7 Å². The topological polar surface area (TPSA) is 78.3 Å². The molecule has 0 unspecified atom stereocenters. The largest absolute Gasteiger partial charge is 0.438 e. The fraction of sp³-hybridized carbons (Fsp3) is 0.375. The Morgan fingerprint density at radius 3 is 2.73 bits per heavy atom. The van der Waals surface area contributed by atoms with Crippen molar-refractivity contribution in [2.45, 2.75) is 58.5 Å². The van der Waals surface area contributed by atoms with Crippen molar-refractivity contribution < 1.29 is 9.53 Å². The smallest absolute Gasteiger partial charge is 0.224 e. The van der Waals surface area contributed by atoms with E-state index < -0.39 is 0 Å². The second kappa shape index (κ2) is 8.30. The molecule has 2 N–H and O–H groups in total. The van der Waals surface area contributed by atoms with Crippen LogP contribution in [-0.4, -0.2) is 29.2 Å². The Balaban J connectivity index is 1.84. The van der Waals surface area contributed by atoms with Crippen LogP contribution in [0.4, 0.5) is 5.69 Å². The van der Waals surface area contributed by atoms with Gasteiger partial charge in [0.05, 0.1) is 5.69 Å². The molecular formula is C24H28N4O2. The summed E-state index contributed by atoms with van der Waals surface area (Å²) in [7, 11) is 0. The first-order chi connectivity index (χ1) is 14.5. The van der Waals surface area contributed by atoms with E-state index >= 15 is 0 Å². The fourth-order valence-corrected chi connectivity index (χ4v) is 3.96. The van der Waals surface area contributed by atoms with Gasteiger partial charge in [-0.15, -0.1) is 0 Å². The van der Waals surface area contributed by atoms with Crippen molar-refractivity contribution in [3.8, 4) is 11.6 Å². The number of carbonyl (C=O) groups excluding carboxylic acids is 1. The summed E-state index contributed by atoms with van der Waals surface area (Å²) in [5.74, 6) is 1.21. The molecule has 1 fully saturated rings. The molecule has 1 aliphatic carbocycles. The number of rotatable bonds is 6. The number of nitrogens with zero attached hydrogens (tertiary/aromatic N) is 2. The number of anilines is 1. The molecule has 2 aromatic rings. The summed E-state index contributed by atoms with van der Waals surface area (Å²) in [6, 6.07) is 10.2. The van der Waals surface area contributed by atoms with E-state index in [-0.39, 0.29) is 11.9 Å². The standard InChI is InChI=1S/C24H28N4O2/c1-15-5-4-6-23(27-15)30-24-20(18(13-25)14-26-19-8-9-19)11-12-22-21(24)10-7-16(2)28(22)17(3)29/h4-6,11-14,16,19,25-26H,7-10H2,1-3H3/b18-14+,25-13?/t16-/m0/s1. The number of hydrogen-bond donors (Lipinski definition) is 2. The summed E-state index contributed by atoms with van der Waals surface area (Å²) in [6.07, 6.45) is 7.23. The van der Waals surface area contributed by atoms with Crippen molar-refractivity contribution in [3.05, 3.63) is 53.4 Å². The maximum atomic E-state index is 12.4. The molecule has 1 aromatic heterocycles. The molecule has 0 saturated heterocycles. The van der Waals surface area contributed by atoms with E-state index in [9.17, 15) is 4.79 Å². The zero-order valence-corrected chi connectivity index (χ0v) is 17.7. The summed E-state index contributed by atoms with van der Waals surface area (Å²) in [5, 5.41) is 11.4. The molecule has 4 rings (SSSR count). The molecule has 0 spiro atoms. The molecule has 30 heavy (non-hydrogen) atoms. The van der Waals surface area contributed by atoms with Crippen LogP contribution in [-0.2, 0) is 11.2 Å². The van der Waals surface area contributed by atoms with Gasteiger partial charge in [-0.2, -0.15) is 0 Å². The lowest BCUT2D eigenvalue weighted by Crippen LogP contribution is -2.40. The van der Waals surface area contributed by atoms with Gasteiger partial charge in [-0.1, -0.05) is 6.07 Å². The van der Waals surface area contributed by atoms with Crippen LogP contribution in [0.25, 0.3) is 5.57 Å². The minimum Gasteiger partial charge on any atom is -0.438 e. The van der Waals surface area contributed by atoms with Gasteiger partial charge in [0.15, 0.2) is 0 Å². The molecule has 6 nitrogen and oxygen atoms in total. The van der Waals surface area contributed by atoms with Crippen molar-refractivity contribution in [2.24, 2.45) is 0 Å². The van der Waals surface area contributed by atoms with Gasteiger partial charge in [0.2, 0.25) is 11.8 Å². The minimum atomic E-state index is 0.0223. The van der Waals surface area contributed by atoms with Gasteiger partial charge in [-0.3, -0.25) is 4.79 Å². The lowest BCUT2D eigenvalue weighted by atomic mass is 9.92. The first-order valence-electron chi connectivity index (χ1n) is 10.5. The molecule has 156 valence electrons. The number of carbonyl (C=O) groups is 1. The van der Waals surface area contributed by atoms with E-state index in [1.165, 1.54) is 6.21 Å². The van der Waals surface area contributed by atoms with Crippen molar-refractivity contribution in [3.63, 3.8) is 0 Å². The summed E-state index contributed by atoms with van der Waals surface area (Å²) < 4.78 is 6.34. The highest BCUT2D eigenvalue weighted by Crippen LogP contribution is 2.42. The zero-order valence-electron chi connectivity index (χ0n) is 17.7. The Morgan fingerprint density at radius 2 is 2.07 bits per heavy atom. The van der Waals surface area contributed by atoms with Crippen LogP contribution in [0.1, 0.15) is 49.9 Å². The summed E-state index contributed by atoms with van der Waals surface area (Å²) in [4.78, 5) is 18.7. The van der Waals surface area contributed by atoms with E-state index in [1.54, 1.807) is 6.92 Å². The van der Waals surface area contributed by atoms with Crippen molar-refractivity contribution in [1.82, 2.24) is 10.3 Å². The molecular weight excluding hydrogens is 376 g/mol. The number of benzene rings is 1. The maximum Gasteiger partial charge on any atom is 0.224 e. The van der Waals surface area contributed by atoms with Gasteiger partial charge in [0.1, 0.15) is 5.75 Å². The first-order valence-corrected chi connectivity index (χ1v) is 10.5. The van der Waals surface area contributed by atoms with Crippen molar-refractivity contribution >= 4 is 23.4 Å². The molecule has 1 atom stereocenters. The van der Waals surface area contributed by atoms with E-state index in [4.69, 9.17) is 10.1 Å². The van der Waals surface area contributed by atoms with Gasteiger partial charge in [0.25, 0.3) is 0 Å². The predicted molar refractivity (Wildman–Crippen MR) is 119 cm³/mol. The van der Waals surface area contributed by atoms with Gasteiger partial charge < -0.3 is 20.4 Å². The van der Waals surface area contributed by atoms with Crippen LogP contribution in [0.3, 0.4) is 0 Å². The number of aromatic nitrogens is 1. The average molecular weight is 405 g/mol. The molecule has 2 heterocycles. The summed E-state index contributed by atoms with van der Waals surface area (Å²) in [5.41, 5.74) is 4.32. The van der Waals surface area contributed by atoms with Gasteiger partial charge in [0, 0.05) is 59.9 Å². The number of nitrogens with one attached hydrogen (secondary N) is 2. The van der Waals surface area contributed by atoms with Gasteiger partial charge in [-0.25, -0.2) is 4.98 Å². The molecule has 0 bridgehead atoms. The maximum absolute atomic E-state index is 12.4. The summed E-state index contributed by atoms with van der Waals surface area (Å²) in [6.45, 7) is 5.60. The van der Waals surface area contributed by atoms with Gasteiger partial charge >= 0.3 is 0 Å². The number of hydrogen-bond acceptors (Lipinski definition) is 5. The van der Waals surface area contributed by atoms with Crippen LogP contribution in [0.15, 0.2) is 36.5 Å². The highest BCUT2D eigenvalue weighted by atomic mass is 16.5. The molecule has 1 amide bonds. The van der Waals surface area contributed by atoms with Crippen molar-refractivity contribution in [1.29, 1.82) is 5.41 Å². The molecule has 0 radical (unpaired) electrons. The van der Waals surface area contributed by atoms with E-state index in [2.05, 4.69) is 17.2 Å². The number of pyridine rings is 1. The van der Waals surface area contributed by atoms with Crippen LogP contribution in [0.2, 0.25) is 0 Å². The van der Waals surface area contributed by atoms with Crippen LogP contribution < -0.4 is 15.0 Å². The highest BCUT2D eigenvalue weighted by molar-refractivity contribution is 6.10. The SMILES string of the molecule is CC(=O)N1c2ccc(/C(C=N)=C/NC3CC3)c(Oc3cccc(C)n3)c2CC[C@@H]1C. The molecule has 6 heteroatoms. The monoisotopic (exact) mass is 404 g/mol. The lowest BCUT2D eigenvalue weighted by molar-refractivity contribution is -0.117.